The van der Waals surface area contributed by atoms with Gasteiger partial charge in [-0.1, -0.05) is 24.6 Å². The Labute approximate surface area is 125 Å². The van der Waals surface area contributed by atoms with Crippen molar-refractivity contribution in [3.63, 3.8) is 0 Å². The first-order valence-corrected chi connectivity index (χ1v) is 8.44. The highest BCUT2D eigenvalue weighted by molar-refractivity contribution is 7.99. The molecule has 0 unspecified atom stereocenters. The van der Waals surface area contributed by atoms with Crippen LogP contribution in [-0.2, 0) is 11.3 Å². The molecule has 1 aliphatic rings. The Morgan fingerprint density at radius 1 is 1.40 bits per heavy atom. The van der Waals surface area contributed by atoms with E-state index in [1.807, 2.05) is 36.0 Å². The largest absolute Gasteiger partial charge is 0.380 e. The third-order valence-corrected chi connectivity index (χ3v) is 4.95. The summed E-state index contributed by atoms with van der Waals surface area (Å²) in [6.45, 7) is 0.474. The highest BCUT2D eigenvalue weighted by atomic mass is 32.2. The van der Waals surface area contributed by atoms with Gasteiger partial charge in [0.05, 0.1) is 6.61 Å². The van der Waals surface area contributed by atoms with Gasteiger partial charge in [-0.2, -0.15) is 11.8 Å². The van der Waals surface area contributed by atoms with Gasteiger partial charge in [0.1, 0.15) is 0 Å². The van der Waals surface area contributed by atoms with Gasteiger partial charge in [0.2, 0.25) is 0 Å². The van der Waals surface area contributed by atoms with E-state index in [1.165, 1.54) is 12.8 Å². The number of ether oxygens (including phenoxy) is 1. The van der Waals surface area contributed by atoms with Crippen LogP contribution in [0.2, 0.25) is 0 Å². The molecule has 20 heavy (non-hydrogen) atoms. The molecule has 110 valence electrons. The van der Waals surface area contributed by atoms with Crippen molar-refractivity contribution >= 4 is 17.7 Å². The molecule has 1 amide bonds. The number of hydrogen-bond acceptors (Lipinski definition) is 3. The van der Waals surface area contributed by atoms with Crippen molar-refractivity contribution in [3.05, 3.63) is 35.4 Å². The third kappa shape index (κ3) is 4.00. The van der Waals surface area contributed by atoms with E-state index in [9.17, 15) is 4.79 Å². The highest BCUT2D eigenvalue weighted by Crippen LogP contribution is 2.27. The monoisotopic (exact) mass is 293 g/mol. The van der Waals surface area contributed by atoms with E-state index < -0.39 is 0 Å². The molecule has 1 aromatic carbocycles. The molecular weight excluding hydrogens is 270 g/mol. The Morgan fingerprint density at radius 3 is 2.95 bits per heavy atom. The van der Waals surface area contributed by atoms with Crippen LogP contribution in [0.5, 0.6) is 0 Å². The summed E-state index contributed by atoms with van der Waals surface area (Å²) < 4.78 is 5.16. The molecule has 4 heteroatoms. The van der Waals surface area contributed by atoms with Gasteiger partial charge in [-0.3, -0.25) is 4.79 Å². The van der Waals surface area contributed by atoms with E-state index in [0.29, 0.717) is 17.9 Å². The molecule has 2 atom stereocenters. The maximum atomic E-state index is 12.4. The third-order valence-electron chi connectivity index (χ3n) is 3.86. The first-order valence-electron chi connectivity index (χ1n) is 7.15. The van der Waals surface area contributed by atoms with E-state index in [1.54, 1.807) is 7.11 Å². The van der Waals surface area contributed by atoms with Crippen LogP contribution >= 0.6 is 11.8 Å². The molecule has 1 aromatic rings. The quantitative estimate of drug-likeness (QED) is 0.905. The summed E-state index contributed by atoms with van der Waals surface area (Å²) in [7, 11) is 1.65. The second-order valence-electron chi connectivity index (χ2n) is 5.28. The minimum absolute atomic E-state index is 0.0319. The lowest BCUT2D eigenvalue weighted by molar-refractivity contribution is 0.0923. The molecule has 1 fully saturated rings. The van der Waals surface area contributed by atoms with Crippen LogP contribution in [-0.4, -0.2) is 30.6 Å². The second-order valence-corrected chi connectivity index (χ2v) is 6.42. The van der Waals surface area contributed by atoms with Crippen LogP contribution in [0.4, 0.5) is 0 Å². The number of methoxy groups -OCH3 is 1. The predicted octanol–water partition coefficient (Wildman–Crippen LogP) is 3.24. The van der Waals surface area contributed by atoms with Gasteiger partial charge in [-0.15, -0.1) is 0 Å². The standard InChI is InChI=1S/C16H23NO2S/c1-19-11-12-6-3-4-9-15(12)16(18)17-13-7-5-8-14(10-13)20-2/h3-4,6,9,13-14H,5,7-8,10-11H2,1-2H3,(H,17,18)/t13-,14-/m1/s1. The number of rotatable bonds is 5. The zero-order valence-electron chi connectivity index (χ0n) is 12.2. The number of hydrogen-bond donors (Lipinski definition) is 1. The summed E-state index contributed by atoms with van der Waals surface area (Å²) in [5.41, 5.74) is 1.69. The summed E-state index contributed by atoms with van der Waals surface area (Å²) in [5.74, 6) is 0.0319. The van der Waals surface area contributed by atoms with Gasteiger partial charge in [0.15, 0.2) is 0 Å². The Hall–Kier alpha value is -1.00. The predicted molar refractivity (Wildman–Crippen MR) is 84.2 cm³/mol. The number of nitrogens with one attached hydrogen (secondary N) is 1. The molecule has 0 radical (unpaired) electrons. The maximum Gasteiger partial charge on any atom is 0.251 e. The Bertz CT molecular complexity index is 450. The maximum absolute atomic E-state index is 12.4. The van der Waals surface area contributed by atoms with Crippen molar-refractivity contribution in [1.82, 2.24) is 5.32 Å². The highest BCUT2D eigenvalue weighted by Gasteiger charge is 2.23. The van der Waals surface area contributed by atoms with E-state index >= 15 is 0 Å². The molecule has 1 N–H and O–H groups in total. The minimum atomic E-state index is 0.0319. The molecule has 0 heterocycles. The van der Waals surface area contributed by atoms with E-state index in [0.717, 1.165) is 24.0 Å². The van der Waals surface area contributed by atoms with Crippen LogP contribution in [0.15, 0.2) is 24.3 Å². The lowest BCUT2D eigenvalue weighted by Crippen LogP contribution is -2.39. The van der Waals surface area contributed by atoms with E-state index in [2.05, 4.69) is 11.6 Å². The zero-order chi connectivity index (χ0) is 14.4. The molecule has 3 nitrogen and oxygen atoms in total. The molecule has 1 aliphatic carbocycles. The average Bonchev–Trinajstić information content (AvgIpc) is 2.48. The molecule has 1 saturated carbocycles. The van der Waals surface area contributed by atoms with Gasteiger partial charge in [0, 0.05) is 24.0 Å². The van der Waals surface area contributed by atoms with Crippen molar-refractivity contribution < 1.29 is 9.53 Å². The number of thioether (sulfide) groups is 1. The minimum Gasteiger partial charge on any atom is -0.380 e. The summed E-state index contributed by atoms with van der Waals surface area (Å²) in [4.78, 5) is 12.4. The van der Waals surface area contributed by atoms with E-state index in [-0.39, 0.29) is 5.91 Å². The fraction of sp³-hybridized carbons (Fsp3) is 0.562. The lowest BCUT2D eigenvalue weighted by atomic mass is 9.94. The van der Waals surface area contributed by atoms with E-state index in [4.69, 9.17) is 4.74 Å². The van der Waals surface area contributed by atoms with Crippen LogP contribution in [0.1, 0.15) is 41.6 Å². The summed E-state index contributed by atoms with van der Waals surface area (Å²) in [6.07, 6.45) is 6.81. The molecule has 0 spiro atoms. The normalized spacial score (nSPS) is 22.5. The Balaban J connectivity index is 2.01. The fourth-order valence-corrected chi connectivity index (χ4v) is 3.60. The van der Waals surface area contributed by atoms with Crippen LogP contribution in [0, 0.1) is 0 Å². The van der Waals surface area contributed by atoms with Gasteiger partial charge in [-0.25, -0.2) is 0 Å². The van der Waals surface area contributed by atoms with Gasteiger partial charge < -0.3 is 10.1 Å². The van der Waals surface area contributed by atoms with Gasteiger partial charge >= 0.3 is 0 Å². The summed E-state index contributed by atoms with van der Waals surface area (Å²) in [6, 6.07) is 7.97. The van der Waals surface area contributed by atoms with Crippen molar-refractivity contribution in [2.45, 2.75) is 43.6 Å². The van der Waals surface area contributed by atoms with Crippen molar-refractivity contribution in [3.8, 4) is 0 Å². The smallest absolute Gasteiger partial charge is 0.251 e. The molecule has 0 aliphatic heterocycles. The molecular formula is C16H23NO2S. The topological polar surface area (TPSA) is 38.3 Å². The van der Waals surface area contributed by atoms with Gasteiger partial charge in [-0.05, 0) is 37.1 Å². The van der Waals surface area contributed by atoms with Gasteiger partial charge in [0.25, 0.3) is 5.91 Å². The van der Waals surface area contributed by atoms with Crippen molar-refractivity contribution in [2.24, 2.45) is 0 Å². The molecule has 0 aromatic heterocycles. The lowest BCUT2D eigenvalue weighted by Gasteiger charge is -2.28. The first-order chi connectivity index (χ1) is 9.74. The average molecular weight is 293 g/mol. The van der Waals surface area contributed by atoms with Crippen molar-refractivity contribution in [1.29, 1.82) is 0 Å². The Morgan fingerprint density at radius 2 is 2.20 bits per heavy atom. The van der Waals surface area contributed by atoms with Crippen LogP contribution < -0.4 is 5.32 Å². The summed E-state index contributed by atoms with van der Waals surface area (Å²) in [5, 5.41) is 3.87. The Kier molecular flexibility index (Phi) is 5.92. The van der Waals surface area contributed by atoms with Crippen LogP contribution in [0.25, 0.3) is 0 Å². The van der Waals surface area contributed by atoms with Crippen molar-refractivity contribution in [2.75, 3.05) is 13.4 Å². The SMILES string of the molecule is COCc1ccccc1C(=O)N[C@@H]1CCC[C@@H](SC)C1. The second kappa shape index (κ2) is 7.70. The molecule has 0 bridgehead atoms. The number of carbonyl (C=O) groups excluding carboxylic acids is 1. The fourth-order valence-electron chi connectivity index (χ4n) is 2.78. The zero-order valence-corrected chi connectivity index (χ0v) is 13.0. The molecule has 2 rings (SSSR count). The molecule has 0 saturated heterocycles. The first kappa shape index (κ1) is 15.4. The summed E-state index contributed by atoms with van der Waals surface area (Å²) >= 11 is 1.91. The van der Waals surface area contributed by atoms with Crippen LogP contribution in [0.3, 0.4) is 0 Å². The number of carbonyl (C=O) groups is 1. The number of amides is 1. The number of benzene rings is 1.